The lowest BCUT2D eigenvalue weighted by Gasteiger charge is -2.29. The Kier molecular flexibility index (Phi) is 5.96. The van der Waals surface area contributed by atoms with Gasteiger partial charge in [0.05, 0.1) is 5.75 Å². The first-order valence-corrected chi connectivity index (χ1v) is 8.87. The van der Waals surface area contributed by atoms with Crippen molar-refractivity contribution in [1.82, 2.24) is 0 Å². The Morgan fingerprint density at radius 3 is 2.11 bits per heavy atom. The van der Waals surface area contributed by atoms with Crippen molar-refractivity contribution in [3.63, 3.8) is 0 Å². The monoisotopic (exact) mass is 308 g/mol. The molecule has 0 bridgehead atoms. The summed E-state index contributed by atoms with van der Waals surface area (Å²) in [6, 6.07) is 9.88. The molecule has 1 aromatic carbocycles. The van der Waals surface area contributed by atoms with Gasteiger partial charge in [0.1, 0.15) is 9.84 Å². The zero-order chi connectivity index (χ0) is 13.6. The number of alkyl halides is 2. The average Bonchev–Trinajstić information content (AvgIpc) is 2.35. The summed E-state index contributed by atoms with van der Waals surface area (Å²) < 4.78 is 22.6. The van der Waals surface area contributed by atoms with Crippen molar-refractivity contribution in [1.29, 1.82) is 0 Å². The maximum absolute atomic E-state index is 11.3. The van der Waals surface area contributed by atoms with Crippen LogP contribution in [0.1, 0.15) is 12.0 Å². The smallest absolute Gasteiger partial charge is 0.147 e. The fourth-order valence-electron chi connectivity index (χ4n) is 1.78. The van der Waals surface area contributed by atoms with Crippen LogP contribution in [0.4, 0.5) is 0 Å². The van der Waals surface area contributed by atoms with Crippen molar-refractivity contribution >= 4 is 33.0 Å². The van der Waals surface area contributed by atoms with Crippen LogP contribution >= 0.6 is 23.2 Å². The van der Waals surface area contributed by atoms with Gasteiger partial charge >= 0.3 is 0 Å². The zero-order valence-corrected chi connectivity index (χ0v) is 12.7. The Morgan fingerprint density at radius 1 is 1.11 bits per heavy atom. The molecule has 1 aromatic rings. The van der Waals surface area contributed by atoms with Gasteiger partial charge in [-0.3, -0.25) is 0 Å². The van der Waals surface area contributed by atoms with Gasteiger partial charge in [-0.15, -0.1) is 23.2 Å². The normalized spacial score (nSPS) is 12.6. The molecule has 0 atom stereocenters. The average molecular weight is 309 g/mol. The van der Waals surface area contributed by atoms with E-state index in [0.29, 0.717) is 24.6 Å². The summed E-state index contributed by atoms with van der Waals surface area (Å²) in [6.45, 7) is 0. The quantitative estimate of drug-likeness (QED) is 0.725. The van der Waals surface area contributed by atoms with Crippen LogP contribution in [-0.2, 0) is 16.3 Å². The summed E-state index contributed by atoms with van der Waals surface area (Å²) in [5.41, 5.74) is 0.778. The summed E-state index contributed by atoms with van der Waals surface area (Å²) in [4.78, 5) is 0. The highest BCUT2D eigenvalue weighted by Gasteiger charge is 2.29. The first-order valence-electron chi connectivity index (χ1n) is 5.74. The van der Waals surface area contributed by atoms with Crippen molar-refractivity contribution in [2.75, 3.05) is 23.8 Å². The molecule has 0 spiro atoms. The second kappa shape index (κ2) is 6.78. The molecule has 0 aliphatic rings. The van der Waals surface area contributed by atoms with E-state index in [-0.39, 0.29) is 11.2 Å². The topological polar surface area (TPSA) is 34.1 Å². The summed E-state index contributed by atoms with van der Waals surface area (Å²) in [6.07, 6.45) is 2.44. The van der Waals surface area contributed by atoms with Crippen LogP contribution in [0.5, 0.6) is 0 Å². The second-order valence-corrected chi connectivity index (χ2v) is 7.60. The van der Waals surface area contributed by atoms with Gasteiger partial charge in [0, 0.05) is 23.4 Å². The first kappa shape index (κ1) is 15.8. The van der Waals surface area contributed by atoms with E-state index >= 15 is 0 Å². The SMILES string of the molecule is CS(=O)(=O)CCC(CCl)(CCl)Cc1ccccc1. The van der Waals surface area contributed by atoms with Crippen LogP contribution in [0.3, 0.4) is 0 Å². The number of hydrogen-bond donors (Lipinski definition) is 0. The van der Waals surface area contributed by atoms with Crippen LogP contribution < -0.4 is 0 Å². The lowest BCUT2D eigenvalue weighted by molar-refractivity contribution is 0.362. The molecule has 18 heavy (non-hydrogen) atoms. The molecule has 0 aliphatic carbocycles. The number of rotatable bonds is 7. The molecule has 0 N–H and O–H groups in total. The molecule has 0 fully saturated rings. The predicted molar refractivity (Wildman–Crippen MR) is 78.3 cm³/mol. The fraction of sp³-hybridized carbons (Fsp3) is 0.538. The lowest BCUT2D eigenvalue weighted by Crippen LogP contribution is -2.30. The van der Waals surface area contributed by atoms with Gasteiger partial charge in [-0.25, -0.2) is 8.42 Å². The molecule has 1 rings (SSSR count). The van der Waals surface area contributed by atoms with E-state index in [1.807, 2.05) is 30.3 Å². The van der Waals surface area contributed by atoms with Gasteiger partial charge in [-0.2, -0.15) is 0 Å². The molecule has 0 saturated carbocycles. The summed E-state index contributed by atoms with van der Waals surface area (Å²) >= 11 is 12.0. The number of halogens is 2. The van der Waals surface area contributed by atoms with E-state index in [1.54, 1.807) is 0 Å². The zero-order valence-electron chi connectivity index (χ0n) is 10.4. The number of hydrogen-bond acceptors (Lipinski definition) is 2. The molecular weight excluding hydrogens is 291 g/mol. The van der Waals surface area contributed by atoms with E-state index in [1.165, 1.54) is 6.26 Å². The van der Waals surface area contributed by atoms with Gasteiger partial charge in [0.15, 0.2) is 0 Å². The molecule has 5 heteroatoms. The minimum absolute atomic E-state index is 0.124. The third-order valence-electron chi connectivity index (χ3n) is 2.99. The highest BCUT2D eigenvalue weighted by atomic mass is 35.5. The third-order valence-corrected chi connectivity index (χ3v) is 5.07. The highest BCUT2D eigenvalue weighted by molar-refractivity contribution is 7.90. The summed E-state index contributed by atoms with van der Waals surface area (Å²) in [5, 5.41) is 0. The van der Waals surface area contributed by atoms with Crippen molar-refractivity contribution in [3.8, 4) is 0 Å². The van der Waals surface area contributed by atoms with Gasteiger partial charge in [0.2, 0.25) is 0 Å². The Morgan fingerprint density at radius 2 is 1.67 bits per heavy atom. The second-order valence-electron chi connectivity index (χ2n) is 4.81. The van der Waals surface area contributed by atoms with Crippen LogP contribution in [0.25, 0.3) is 0 Å². The van der Waals surface area contributed by atoms with Crippen LogP contribution in [-0.4, -0.2) is 32.2 Å². The standard InChI is InChI=1S/C13H18Cl2O2S/c1-18(16,17)8-7-13(10-14,11-15)9-12-5-3-2-4-6-12/h2-6H,7-11H2,1H3. The van der Waals surface area contributed by atoms with Crippen molar-refractivity contribution < 1.29 is 8.42 Å². The number of sulfone groups is 1. The van der Waals surface area contributed by atoms with Crippen molar-refractivity contribution in [2.45, 2.75) is 12.8 Å². The number of benzene rings is 1. The maximum Gasteiger partial charge on any atom is 0.147 e. The van der Waals surface area contributed by atoms with Crippen LogP contribution in [0, 0.1) is 5.41 Å². The van der Waals surface area contributed by atoms with Gasteiger partial charge in [0.25, 0.3) is 0 Å². The molecule has 2 nitrogen and oxygen atoms in total. The molecule has 0 saturated heterocycles. The molecule has 0 unspecified atom stereocenters. The molecule has 0 heterocycles. The van der Waals surface area contributed by atoms with Gasteiger partial charge in [-0.1, -0.05) is 30.3 Å². The van der Waals surface area contributed by atoms with E-state index in [9.17, 15) is 8.42 Å². The lowest BCUT2D eigenvalue weighted by atomic mass is 9.83. The Balaban J connectivity index is 2.80. The van der Waals surface area contributed by atoms with E-state index in [2.05, 4.69) is 0 Å². The summed E-state index contributed by atoms with van der Waals surface area (Å²) in [5.74, 6) is 0.848. The Bertz CT molecular complexity index is 453. The van der Waals surface area contributed by atoms with Crippen molar-refractivity contribution in [3.05, 3.63) is 35.9 Å². The molecule has 0 radical (unpaired) electrons. The largest absolute Gasteiger partial charge is 0.229 e. The Hall–Kier alpha value is -0.250. The van der Waals surface area contributed by atoms with E-state index in [0.717, 1.165) is 5.56 Å². The maximum atomic E-state index is 11.3. The van der Waals surface area contributed by atoms with Gasteiger partial charge in [-0.05, 0) is 18.4 Å². The molecule has 102 valence electrons. The van der Waals surface area contributed by atoms with Gasteiger partial charge < -0.3 is 0 Å². The molecule has 0 amide bonds. The van der Waals surface area contributed by atoms with E-state index in [4.69, 9.17) is 23.2 Å². The van der Waals surface area contributed by atoms with Crippen LogP contribution in [0.2, 0.25) is 0 Å². The highest BCUT2D eigenvalue weighted by Crippen LogP contribution is 2.31. The molecule has 0 aliphatic heterocycles. The fourth-order valence-corrected chi connectivity index (χ4v) is 3.33. The molecular formula is C13H18Cl2O2S. The Labute approximate surface area is 119 Å². The van der Waals surface area contributed by atoms with E-state index < -0.39 is 9.84 Å². The third kappa shape index (κ3) is 5.17. The first-order chi connectivity index (χ1) is 8.41. The minimum atomic E-state index is -2.99. The summed E-state index contributed by atoms with van der Waals surface area (Å²) in [7, 11) is -2.99. The molecule has 0 aromatic heterocycles. The van der Waals surface area contributed by atoms with Crippen molar-refractivity contribution in [2.24, 2.45) is 5.41 Å². The minimum Gasteiger partial charge on any atom is -0.229 e. The predicted octanol–water partition coefficient (Wildman–Crippen LogP) is 3.13. The van der Waals surface area contributed by atoms with Crippen LogP contribution in [0.15, 0.2) is 30.3 Å².